The Morgan fingerprint density at radius 1 is 1.03 bits per heavy atom. The summed E-state index contributed by atoms with van der Waals surface area (Å²) in [5.41, 5.74) is 0. The van der Waals surface area contributed by atoms with Gasteiger partial charge in [-0.25, -0.2) is 0 Å². The highest BCUT2D eigenvalue weighted by Crippen LogP contribution is 2.30. The Hall–Kier alpha value is -2.07. The summed E-state index contributed by atoms with van der Waals surface area (Å²) >= 11 is 0. The molecule has 1 unspecified atom stereocenters. The molecule has 0 aromatic carbocycles. The van der Waals surface area contributed by atoms with Crippen molar-refractivity contribution >= 4 is 17.7 Å². The molecule has 32 heavy (non-hydrogen) atoms. The van der Waals surface area contributed by atoms with Crippen molar-refractivity contribution in [1.82, 2.24) is 21.3 Å². The summed E-state index contributed by atoms with van der Waals surface area (Å²) in [4.78, 5) is 37.1. The van der Waals surface area contributed by atoms with E-state index in [1.54, 1.807) is 0 Å². The number of hydrogen-bond acceptors (Lipinski definition) is 4. The highest BCUT2D eigenvalue weighted by molar-refractivity contribution is 5.88. The number of rotatable bonds is 15. The zero-order valence-corrected chi connectivity index (χ0v) is 19.7. The average Bonchev–Trinajstić information content (AvgIpc) is 3.28. The number of terminal acetylenes is 1. The van der Waals surface area contributed by atoms with Crippen LogP contribution in [0.2, 0.25) is 0 Å². The van der Waals surface area contributed by atoms with Crippen LogP contribution in [0.4, 0.5) is 0 Å². The number of carbonyl (C=O) groups excluding carboxylic acids is 3. The third-order valence-electron chi connectivity index (χ3n) is 6.79. The van der Waals surface area contributed by atoms with E-state index in [4.69, 9.17) is 6.42 Å². The molecule has 4 N–H and O–H groups in total. The van der Waals surface area contributed by atoms with E-state index in [0.29, 0.717) is 44.2 Å². The Labute approximate surface area is 193 Å². The zero-order chi connectivity index (χ0) is 23.2. The van der Waals surface area contributed by atoms with Crippen molar-refractivity contribution in [2.24, 2.45) is 5.92 Å². The lowest BCUT2D eigenvalue weighted by Crippen LogP contribution is -2.55. The number of amides is 3. The highest BCUT2D eigenvalue weighted by atomic mass is 16.2. The largest absolute Gasteiger partial charge is 0.356 e. The van der Waals surface area contributed by atoms with Gasteiger partial charge >= 0.3 is 0 Å². The third kappa shape index (κ3) is 9.60. The number of hydrogen-bond donors (Lipinski definition) is 4. The maximum atomic E-state index is 12.9. The van der Waals surface area contributed by atoms with Crippen LogP contribution in [0.3, 0.4) is 0 Å². The van der Waals surface area contributed by atoms with Crippen LogP contribution < -0.4 is 21.3 Å². The summed E-state index contributed by atoms with van der Waals surface area (Å²) in [5.74, 6) is 2.88. The molecule has 0 aliphatic heterocycles. The third-order valence-corrected chi connectivity index (χ3v) is 6.79. The fourth-order valence-corrected chi connectivity index (χ4v) is 4.55. The molecular formula is C25H42N4O3. The van der Waals surface area contributed by atoms with Crippen molar-refractivity contribution in [2.45, 2.75) is 109 Å². The standard InChI is InChI=1S/C25H42N4O3/c1-3-5-6-14-23(30)26-17-10-9-13-22(25(32)29-21-16-15-19(21)4-2)28-24(31)18-27-20-11-7-8-12-20/h1,19-22,27H,4-18H2,2H3,(H,26,30)(H,28,31)(H,29,32)/t19-,21?,22-/m0/s1. The predicted molar refractivity (Wildman–Crippen MR) is 127 cm³/mol. The first-order valence-electron chi connectivity index (χ1n) is 12.6. The molecule has 0 radical (unpaired) electrons. The molecule has 0 bridgehead atoms. The Morgan fingerprint density at radius 2 is 1.81 bits per heavy atom. The fourth-order valence-electron chi connectivity index (χ4n) is 4.55. The summed E-state index contributed by atoms with van der Waals surface area (Å²) < 4.78 is 0. The van der Waals surface area contributed by atoms with Gasteiger partial charge in [0.05, 0.1) is 6.54 Å². The second kappa shape index (κ2) is 14.9. The molecule has 2 fully saturated rings. The van der Waals surface area contributed by atoms with Crippen LogP contribution in [-0.2, 0) is 14.4 Å². The van der Waals surface area contributed by atoms with Gasteiger partial charge in [0.2, 0.25) is 17.7 Å². The normalized spacial score (nSPS) is 21.2. The Balaban J connectivity index is 1.73. The quantitative estimate of drug-likeness (QED) is 0.229. The second-order valence-electron chi connectivity index (χ2n) is 9.25. The molecule has 0 spiro atoms. The smallest absolute Gasteiger partial charge is 0.242 e. The Morgan fingerprint density at radius 3 is 2.47 bits per heavy atom. The molecular weight excluding hydrogens is 404 g/mol. The first-order chi connectivity index (χ1) is 15.5. The highest BCUT2D eigenvalue weighted by Gasteiger charge is 2.32. The molecule has 2 aliphatic rings. The molecule has 180 valence electrons. The lowest BCUT2D eigenvalue weighted by atomic mass is 9.78. The molecule has 2 saturated carbocycles. The van der Waals surface area contributed by atoms with Gasteiger partial charge in [-0.1, -0.05) is 26.2 Å². The predicted octanol–water partition coefficient (Wildman–Crippen LogP) is 2.40. The van der Waals surface area contributed by atoms with E-state index < -0.39 is 6.04 Å². The molecule has 2 rings (SSSR count). The van der Waals surface area contributed by atoms with Crippen LogP contribution in [0, 0.1) is 18.3 Å². The number of unbranched alkanes of at least 4 members (excludes halogenated alkanes) is 2. The van der Waals surface area contributed by atoms with Crippen LogP contribution in [0.25, 0.3) is 0 Å². The molecule has 0 aromatic rings. The average molecular weight is 447 g/mol. The lowest BCUT2D eigenvalue weighted by Gasteiger charge is -2.37. The summed E-state index contributed by atoms with van der Waals surface area (Å²) in [5, 5.41) is 12.3. The molecule has 3 amide bonds. The zero-order valence-electron chi connectivity index (χ0n) is 19.7. The van der Waals surface area contributed by atoms with Crippen molar-refractivity contribution in [3.63, 3.8) is 0 Å². The van der Waals surface area contributed by atoms with E-state index in [0.717, 1.165) is 44.9 Å². The minimum absolute atomic E-state index is 0.0106. The second-order valence-corrected chi connectivity index (χ2v) is 9.25. The lowest BCUT2D eigenvalue weighted by molar-refractivity contribution is -0.130. The van der Waals surface area contributed by atoms with Gasteiger partial charge in [0.1, 0.15) is 6.04 Å². The van der Waals surface area contributed by atoms with Crippen molar-refractivity contribution in [2.75, 3.05) is 13.1 Å². The van der Waals surface area contributed by atoms with Crippen LogP contribution in [-0.4, -0.2) is 48.9 Å². The molecule has 0 aromatic heterocycles. The van der Waals surface area contributed by atoms with Gasteiger partial charge in [-0.05, 0) is 57.3 Å². The molecule has 7 nitrogen and oxygen atoms in total. The Kier molecular flexibility index (Phi) is 12.2. The summed E-state index contributed by atoms with van der Waals surface area (Å²) in [6, 6.07) is 0.112. The molecule has 0 heterocycles. The van der Waals surface area contributed by atoms with Crippen molar-refractivity contribution < 1.29 is 14.4 Å². The van der Waals surface area contributed by atoms with Gasteiger partial charge in [-0.2, -0.15) is 0 Å². The molecule has 0 saturated heterocycles. The maximum absolute atomic E-state index is 12.9. The first kappa shape index (κ1) is 26.2. The van der Waals surface area contributed by atoms with Crippen LogP contribution in [0.15, 0.2) is 0 Å². The van der Waals surface area contributed by atoms with Crippen LogP contribution in [0.5, 0.6) is 0 Å². The van der Waals surface area contributed by atoms with E-state index >= 15 is 0 Å². The maximum Gasteiger partial charge on any atom is 0.242 e. The number of nitrogens with one attached hydrogen (secondary N) is 4. The first-order valence-corrected chi connectivity index (χ1v) is 12.6. The fraction of sp³-hybridized carbons (Fsp3) is 0.800. The molecule has 7 heteroatoms. The SMILES string of the molecule is C#CCCCC(=O)NCCCC[C@H](NC(=O)CNC1CCCC1)C(=O)NC1CC[C@@H]1CC. The topological polar surface area (TPSA) is 99.3 Å². The van der Waals surface area contributed by atoms with E-state index in [-0.39, 0.29) is 30.3 Å². The monoisotopic (exact) mass is 446 g/mol. The molecule has 2 aliphatic carbocycles. The van der Waals surface area contributed by atoms with Gasteiger partial charge in [0.15, 0.2) is 0 Å². The molecule has 3 atom stereocenters. The minimum Gasteiger partial charge on any atom is -0.356 e. The van der Waals surface area contributed by atoms with Crippen molar-refractivity contribution in [3.05, 3.63) is 0 Å². The summed E-state index contributed by atoms with van der Waals surface area (Å²) in [7, 11) is 0. The van der Waals surface area contributed by atoms with E-state index in [1.807, 2.05) is 0 Å². The summed E-state index contributed by atoms with van der Waals surface area (Å²) in [6.45, 7) is 2.97. The van der Waals surface area contributed by atoms with Gasteiger partial charge in [-0.15, -0.1) is 12.3 Å². The van der Waals surface area contributed by atoms with Crippen molar-refractivity contribution in [3.8, 4) is 12.3 Å². The van der Waals surface area contributed by atoms with Gasteiger partial charge in [-0.3, -0.25) is 14.4 Å². The van der Waals surface area contributed by atoms with Crippen molar-refractivity contribution in [1.29, 1.82) is 0 Å². The van der Waals surface area contributed by atoms with E-state index in [9.17, 15) is 14.4 Å². The minimum atomic E-state index is -0.530. The number of carbonyl (C=O) groups is 3. The van der Waals surface area contributed by atoms with Crippen LogP contribution >= 0.6 is 0 Å². The van der Waals surface area contributed by atoms with Gasteiger partial charge in [0, 0.05) is 31.5 Å². The van der Waals surface area contributed by atoms with E-state index in [1.165, 1.54) is 12.8 Å². The Bertz CT molecular complexity index is 638. The van der Waals surface area contributed by atoms with Crippen LogP contribution in [0.1, 0.15) is 90.4 Å². The van der Waals surface area contributed by atoms with Gasteiger partial charge in [0.25, 0.3) is 0 Å². The van der Waals surface area contributed by atoms with E-state index in [2.05, 4.69) is 34.1 Å². The van der Waals surface area contributed by atoms with Gasteiger partial charge < -0.3 is 21.3 Å². The summed E-state index contributed by atoms with van der Waals surface area (Å²) in [6.07, 6.45) is 16.9.